The van der Waals surface area contributed by atoms with E-state index in [1.54, 1.807) is 0 Å². The van der Waals surface area contributed by atoms with Gasteiger partial charge in [0.05, 0.1) is 0 Å². The van der Waals surface area contributed by atoms with Crippen molar-refractivity contribution in [1.29, 1.82) is 0 Å². The van der Waals surface area contributed by atoms with Crippen molar-refractivity contribution in [2.24, 2.45) is 0 Å². The van der Waals surface area contributed by atoms with Crippen molar-refractivity contribution in [3.05, 3.63) is 29.2 Å². The fourth-order valence-electron chi connectivity index (χ4n) is 0.967. The maximum atomic E-state index is 5.42. The van der Waals surface area contributed by atoms with Gasteiger partial charge in [0, 0.05) is 5.33 Å². The minimum Gasteiger partial charge on any atom is -0.462 e. The first-order chi connectivity index (χ1) is 5.76. The molecule has 2 heteroatoms. The Bertz CT molecular complexity index is 267. The lowest BCUT2D eigenvalue weighted by atomic mass is 10.2. The van der Waals surface area contributed by atoms with Crippen LogP contribution in [0.1, 0.15) is 24.9 Å². The zero-order chi connectivity index (χ0) is 8.97. The average molecular weight is 229 g/mol. The van der Waals surface area contributed by atoms with Crippen LogP contribution in [0.5, 0.6) is 0 Å². The standard InChI is InChI=1S/C10H13BrO/c1-3-9(7-11)6-10-5-4-8(2)12-10/h4-6H,3,7H2,1-2H3. The Hall–Kier alpha value is -0.500. The van der Waals surface area contributed by atoms with Gasteiger partial charge in [0.15, 0.2) is 0 Å². The van der Waals surface area contributed by atoms with Gasteiger partial charge >= 0.3 is 0 Å². The molecule has 0 bridgehead atoms. The fraction of sp³-hybridized carbons (Fsp3) is 0.400. The molecule has 66 valence electrons. The van der Waals surface area contributed by atoms with Crippen LogP contribution in [-0.4, -0.2) is 5.33 Å². The number of aryl methyl sites for hydroxylation is 1. The van der Waals surface area contributed by atoms with E-state index in [0.29, 0.717) is 0 Å². The first-order valence-electron chi connectivity index (χ1n) is 4.08. The lowest BCUT2D eigenvalue weighted by Crippen LogP contribution is -1.79. The topological polar surface area (TPSA) is 13.1 Å². The Balaban J connectivity index is 2.78. The number of allylic oxidation sites excluding steroid dienone is 1. The van der Waals surface area contributed by atoms with Crippen molar-refractivity contribution in [3.8, 4) is 0 Å². The predicted octanol–water partition coefficient (Wildman–Crippen LogP) is 3.78. The fourth-order valence-corrected chi connectivity index (χ4v) is 1.53. The van der Waals surface area contributed by atoms with Crippen LogP contribution in [0.4, 0.5) is 0 Å². The van der Waals surface area contributed by atoms with E-state index in [9.17, 15) is 0 Å². The van der Waals surface area contributed by atoms with Crippen LogP contribution in [0.2, 0.25) is 0 Å². The van der Waals surface area contributed by atoms with E-state index in [1.807, 2.05) is 19.1 Å². The highest BCUT2D eigenvalue weighted by Crippen LogP contribution is 2.14. The summed E-state index contributed by atoms with van der Waals surface area (Å²) in [7, 11) is 0. The van der Waals surface area contributed by atoms with Crippen molar-refractivity contribution in [3.63, 3.8) is 0 Å². The Morgan fingerprint density at radius 1 is 1.58 bits per heavy atom. The zero-order valence-corrected chi connectivity index (χ0v) is 9.02. The van der Waals surface area contributed by atoms with E-state index in [2.05, 4.69) is 28.9 Å². The minimum absolute atomic E-state index is 0.920. The maximum Gasteiger partial charge on any atom is 0.127 e. The van der Waals surface area contributed by atoms with Gasteiger partial charge in [-0.3, -0.25) is 0 Å². The van der Waals surface area contributed by atoms with Crippen molar-refractivity contribution in [2.75, 3.05) is 5.33 Å². The molecule has 0 fully saturated rings. The minimum atomic E-state index is 0.920. The number of rotatable bonds is 3. The molecular formula is C10H13BrO. The monoisotopic (exact) mass is 228 g/mol. The molecule has 0 aliphatic heterocycles. The Morgan fingerprint density at radius 3 is 2.75 bits per heavy atom. The molecule has 0 atom stereocenters. The number of hydrogen-bond acceptors (Lipinski definition) is 1. The predicted molar refractivity (Wildman–Crippen MR) is 55.5 cm³/mol. The van der Waals surface area contributed by atoms with Crippen molar-refractivity contribution in [2.45, 2.75) is 20.3 Å². The van der Waals surface area contributed by atoms with Crippen LogP contribution in [-0.2, 0) is 0 Å². The Morgan fingerprint density at radius 2 is 2.33 bits per heavy atom. The molecule has 1 aromatic heterocycles. The number of halogens is 1. The Labute approximate surface area is 81.6 Å². The molecule has 0 N–H and O–H groups in total. The first-order valence-corrected chi connectivity index (χ1v) is 5.20. The van der Waals surface area contributed by atoms with Gasteiger partial charge in [-0.15, -0.1) is 0 Å². The van der Waals surface area contributed by atoms with Gasteiger partial charge in [-0.2, -0.15) is 0 Å². The summed E-state index contributed by atoms with van der Waals surface area (Å²) in [5, 5.41) is 0.920. The molecule has 0 aliphatic carbocycles. The van der Waals surface area contributed by atoms with E-state index in [4.69, 9.17) is 4.42 Å². The largest absolute Gasteiger partial charge is 0.462 e. The molecule has 0 saturated heterocycles. The third kappa shape index (κ3) is 2.52. The molecule has 1 heterocycles. The summed E-state index contributed by atoms with van der Waals surface area (Å²) in [6.07, 6.45) is 3.15. The zero-order valence-electron chi connectivity index (χ0n) is 7.43. The quantitative estimate of drug-likeness (QED) is 0.719. The molecule has 0 unspecified atom stereocenters. The molecule has 12 heavy (non-hydrogen) atoms. The van der Waals surface area contributed by atoms with E-state index in [1.165, 1.54) is 5.57 Å². The second-order valence-electron chi connectivity index (χ2n) is 2.74. The van der Waals surface area contributed by atoms with Crippen LogP contribution in [0, 0.1) is 6.92 Å². The van der Waals surface area contributed by atoms with Crippen LogP contribution in [0.25, 0.3) is 6.08 Å². The van der Waals surface area contributed by atoms with Gasteiger partial charge in [-0.1, -0.05) is 28.4 Å². The highest BCUT2D eigenvalue weighted by molar-refractivity contribution is 9.09. The van der Waals surface area contributed by atoms with E-state index in [0.717, 1.165) is 23.3 Å². The molecule has 1 aromatic rings. The normalized spacial score (nSPS) is 12.1. The van der Waals surface area contributed by atoms with E-state index < -0.39 is 0 Å². The van der Waals surface area contributed by atoms with Gasteiger partial charge in [0.1, 0.15) is 11.5 Å². The molecular weight excluding hydrogens is 216 g/mol. The van der Waals surface area contributed by atoms with Gasteiger partial charge < -0.3 is 4.42 Å². The maximum absolute atomic E-state index is 5.42. The molecule has 1 nitrogen and oxygen atoms in total. The molecule has 0 spiro atoms. The van der Waals surface area contributed by atoms with Crippen molar-refractivity contribution < 1.29 is 4.42 Å². The summed E-state index contributed by atoms with van der Waals surface area (Å²) in [6, 6.07) is 3.97. The molecule has 0 radical (unpaired) electrons. The van der Waals surface area contributed by atoms with Crippen LogP contribution >= 0.6 is 15.9 Å². The van der Waals surface area contributed by atoms with Gasteiger partial charge in [-0.05, 0) is 31.6 Å². The second-order valence-corrected chi connectivity index (χ2v) is 3.30. The Kier molecular flexibility index (Phi) is 3.60. The van der Waals surface area contributed by atoms with E-state index in [-0.39, 0.29) is 0 Å². The lowest BCUT2D eigenvalue weighted by Gasteiger charge is -1.95. The highest BCUT2D eigenvalue weighted by atomic mass is 79.9. The van der Waals surface area contributed by atoms with Crippen molar-refractivity contribution in [1.82, 2.24) is 0 Å². The molecule has 0 aliphatic rings. The highest BCUT2D eigenvalue weighted by Gasteiger charge is 1.96. The van der Waals surface area contributed by atoms with Gasteiger partial charge in [-0.25, -0.2) is 0 Å². The number of furan rings is 1. The third-order valence-corrected chi connectivity index (χ3v) is 2.45. The summed E-state index contributed by atoms with van der Waals surface area (Å²) in [5.74, 6) is 1.91. The summed E-state index contributed by atoms with van der Waals surface area (Å²) in [4.78, 5) is 0. The SMILES string of the molecule is CCC(=Cc1ccc(C)o1)CBr. The average Bonchev–Trinajstić information content (AvgIpc) is 2.47. The number of alkyl halides is 1. The van der Waals surface area contributed by atoms with E-state index >= 15 is 0 Å². The van der Waals surface area contributed by atoms with Gasteiger partial charge in [0.2, 0.25) is 0 Å². The summed E-state index contributed by atoms with van der Waals surface area (Å²) in [5.41, 5.74) is 1.35. The molecule has 0 aromatic carbocycles. The molecule has 1 rings (SSSR count). The number of hydrogen-bond donors (Lipinski definition) is 0. The smallest absolute Gasteiger partial charge is 0.127 e. The van der Waals surface area contributed by atoms with Gasteiger partial charge in [0.25, 0.3) is 0 Å². The van der Waals surface area contributed by atoms with Crippen LogP contribution in [0.3, 0.4) is 0 Å². The first kappa shape index (κ1) is 9.59. The molecule has 0 amide bonds. The summed E-state index contributed by atoms with van der Waals surface area (Å²) < 4.78 is 5.42. The third-order valence-electron chi connectivity index (χ3n) is 1.73. The van der Waals surface area contributed by atoms with Crippen LogP contribution < -0.4 is 0 Å². The second kappa shape index (κ2) is 4.51. The molecule has 0 saturated carbocycles. The van der Waals surface area contributed by atoms with Crippen molar-refractivity contribution >= 4 is 22.0 Å². The lowest BCUT2D eigenvalue weighted by molar-refractivity contribution is 0.524. The summed E-state index contributed by atoms with van der Waals surface area (Å²) in [6.45, 7) is 4.10. The van der Waals surface area contributed by atoms with Crippen LogP contribution in [0.15, 0.2) is 22.1 Å². The summed E-state index contributed by atoms with van der Waals surface area (Å²) >= 11 is 3.43.